The highest BCUT2D eigenvalue weighted by atomic mass is 14.5. The van der Waals surface area contributed by atoms with E-state index in [-0.39, 0.29) is 0 Å². The second kappa shape index (κ2) is 4.11. The van der Waals surface area contributed by atoms with Crippen molar-refractivity contribution in [2.45, 2.75) is 67.7 Å². The molecule has 90 valence electrons. The Kier molecular flexibility index (Phi) is 3.58. The predicted octanol–water partition coefficient (Wildman–Crippen LogP) is 5.13. The molecule has 0 aromatic heterocycles. The van der Waals surface area contributed by atoms with Crippen molar-refractivity contribution >= 4 is 0 Å². The normalized spacial score (nSPS) is 29.8. The maximum atomic E-state index is 2.37. The molecule has 0 nitrogen and oxygen atoms in total. The standard InChI is InChI=1S/C8H16.C7H14/c1-6(2)7-5-8(7,3)4;1-6(2)7(3)4-5-7/h6-7H,5H2,1-4H3;6H,4-5H2,1-3H3. The molecule has 0 aromatic carbocycles. The van der Waals surface area contributed by atoms with Gasteiger partial charge in [0.25, 0.3) is 0 Å². The molecule has 0 amide bonds. The molecule has 0 heteroatoms. The number of rotatable bonds is 2. The lowest BCUT2D eigenvalue weighted by Crippen LogP contribution is -2.01. The topological polar surface area (TPSA) is 0 Å². The fourth-order valence-corrected chi connectivity index (χ4v) is 2.42. The molecule has 0 bridgehead atoms. The van der Waals surface area contributed by atoms with Gasteiger partial charge in [0.1, 0.15) is 0 Å². The average molecular weight is 210 g/mol. The molecule has 0 saturated heterocycles. The zero-order valence-corrected chi connectivity index (χ0v) is 11.9. The molecule has 2 rings (SSSR count). The molecule has 2 saturated carbocycles. The molecule has 2 fully saturated rings. The second-order valence-corrected chi connectivity index (χ2v) is 7.35. The summed E-state index contributed by atoms with van der Waals surface area (Å²) in [7, 11) is 0. The summed E-state index contributed by atoms with van der Waals surface area (Å²) in [4.78, 5) is 0. The molecule has 0 aliphatic heterocycles. The summed E-state index contributed by atoms with van der Waals surface area (Å²) < 4.78 is 0. The Morgan fingerprint density at radius 3 is 1.33 bits per heavy atom. The van der Waals surface area contributed by atoms with Crippen LogP contribution in [0.3, 0.4) is 0 Å². The second-order valence-electron chi connectivity index (χ2n) is 7.35. The number of hydrogen-bond acceptors (Lipinski definition) is 0. The van der Waals surface area contributed by atoms with Gasteiger partial charge in [-0.3, -0.25) is 0 Å². The summed E-state index contributed by atoms with van der Waals surface area (Å²) in [6.45, 7) is 16.4. The van der Waals surface area contributed by atoms with E-state index in [1.807, 2.05) is 0 Å². The third kappa shape index (κ3) is 3.50. The van der Waals surface area contributed by atoms with Crippen LogP contribution in [-0.4, -0.2) is 0 Å². The summed E-state index contributed by atoms with van der Waals surface area (Å²) >= 11 is 0. The van der Waals surface area contributed by atoms with Gasteiger partial charge in [0, 0.05) is 0 Å². The minimum absolute atomic E-state index is 0.689. The SMILES string of the molecule is CC(C)C1(C)CC1.CC(C)C1CC1(C)C. The number of hydrogen-bond donors (Lipinski definition) is 0. The van der Waals surface area contributed by atoms with Crippen molar-refractivity contribution in [3.05, 3.63) is 0 Å². The van der Waals surface area contributed by atoms with Gasteiger partial charge in [-0.1, -0.05) is 48.5 Å². The molecular weight excluding hydrogens is 180 g/mol. The molecule has 0 heterocycles. The van der Waals surface area contributed by atoms with Crippen LogP contribution in [-0.2, 0) is 0 Å². The lowest BCUT2D eigenvalue weighted by Gasteiger charge is -2.10. The molecule has 1 unspecified atom stereocenters. The molecule has 15 heavy (non-hydrogen) atoms. The van der Waals surface area contributed by atoms with Gasteiger partial charge < -0.3 is 0 Å². The molecule has 0 radical (unpaired) electrons. The highest BCUT2D eigenvalue weighted by molar-refractivity contribution is 4.96. The molecular formula is C15H30. The maximum absolute atomic E-state index is 2.37. The lowest BCUT2D eigenvalue weighted by molar-refractivity contribution is 0.397. The van der Waals surface area contributed by atoms with E-state index >= 15 is 0 Å². The molecule has 0 spiro atoms. The van der Waals surface area contributed by atoms with Crippen molar-refractivity contribution in [3.63, 3.8) is 0 Å². The van der Waals surface area contributed by atoms with Crippen LogP contribution < -0.4 is 0 Å². The first-order chi connectivity index (χ1) is 6.69. The monoisotopic (exact) mass is 210 g/mol. The Labute approximate surface area is 96.8 Å². The van der Waals surface area contributed by atoms with Crippen LogP contribution in [0.4, 0.5) is 0 Å². The van der Waals surface area contributed by atoms with Crippen molar-refractivity contribution in [1.82, 2.24) is 0 Å². The first-order valence-corrected chi connectivity index (χ1v) is 6.69. The Balaban J connectivity index is 0.000000151. The molecule has 1 atom stereocenters. The molecule has 0 N–H and O–H groups in total. The van der Waals surface area contributed by atoms with Gasteiger partial charge >= 0.3 is 0 Å². The van der Waals surface area contributed by atoms with Gasteiger partial charge in [0.15, 0.2) is 0 Å². The van der Waals surface area contributed by atoms with Crippen LogP contribution in [0.15, 0.2) is 0 Å². The Morgan fingerprint density at radius 2 is 1.33 bits per heavy atom. The largest absolute Gasteiger partial charge is 0.0625 e. The van der Waals surface area contributed by atoms with Crippen LogP contribution in [0.5, 0.6) is 0 Å². The summed E-state index contributed by atoms with van der Waals surface area (Å²) in [5.41, 5.74) is 1.44. The van der Waals surface area contributed by atoms with Crippen LogP contribution >= 0.6 is 0 Å². The van der Waals surface area contributed by atoms with Crippen LogP contribution in [0.25, 0.3) is 0 Å². The lowest BCUT2D eigenvalue weighted by atomic mass is 9.95. The van der Waals surface area contributed by atoms with Crippen molar-refractivity contribution in [2.24, 2.45) is 28.6 Å². The van der Waals surface area contributed by atoms with Gasteiger partial charge in [-0.15, -0.1) is 0 Å². The van der Waals surface area contributed by atoms with E-state index in [4.69, 9.17) is 0 Å². The van der Waals surface area contributed by atoms with E-state index < -0.39 is 0 Å². The predicted molar refractivity (Wildman–Crippen MR) is 68.9 cm³/mol. The fraction of sp³-hybridized carbons (Fsp3) is 1.00. The van der Waals surface area contributed by atoms with Crippen molar-refractivity contribution in [2.75, 3.05) is 0 Å². The highest BCUT2D eigenvalue weighted by Crippen LogP contribution is 2.55. The molecule has 0 aromatic rings. The fourth-order valence-electron chi connectivity index (χ4n) is 2.42. The van der Waals surface area contributed by atoms with E-state index in [0.29, 0.717) is 5.41 Å². The van der Waals surface area contributed by atoms with Crippen molar-refractivity contribution < 1.29 is 0 Å². The van der Waals surface area contributed by atoms with Gasteiger partial charge in [-0.25, -0.2) is 0 Å². The summed E-state index contributed by atoms with van der Waals surface area (Å²) in [6, 6.07) is 0. The van der Waals surface area contributed by atoms with Gasteiger partial charge in [0.05, 0.1) is 0 Å². The van der Waals surface area contributed by atoms with E-state index in [9.17, 15) is 0 Å². The van der Waals surface area contributed by atoms with E-state index in [1.54, 1.807) is 0 Å². The third-order valence-electron chi connectivity index (χ3n) is 4.83. The average Bonchev–Trinajstić information content (AvgIpc) is 2.92. The minimum atomic E-state index is 0.689. The van der Waals surface area contributed by atoms with E-state index in [1.165, 1.54) is 19.3 Å². The van der Waals surface area contributed by atoms with Gasteiger partial charge in [0.2, 0.25) is 0 Å². The quantitative estimate of drug-likeness (QED) is 0.592. The summed E-state index contributed by atoms with van der Waals surface area (Å²) in [6.07, 6.45) is 4.38. The Morgan fingerprint density at radius 1 is 0.933 bits per heavy atom. The van der Waals surface area contributed by atoms with Gasteiger partial charge in [-0.2, -0.15) is 0 Å². The summed E-state index contributed by atoms with van der Waals surface area (Å²) in [5.74, 6) is 2.83. The van der Waals surface area contributed by atoms with E-state index in [0.717, 1.165) is 23.2 Å². The zero-order chi connectivity index (χ0) is 11.9. The smallest absolute Gasteiger partial charge is 0.0302 e. The van der Waals surface area contributed by atoms with Crippen LogP contribution in [0.1, 0.15) is 67.7 Å². The van der Waals surface area contributed by atoms with Crippen LogP contribution in [0, 0.1) is 28.6 Å². The Bertz CT molecular complexity index is 206. The highest BCUT2D eigenvalue weighted by Gasteiger charge is 2.46. The molecule has 2 aliphatic rings. The minimum Gasteiger partial charge on any atom is -0.0625 e. The Hall–Kier alpha value is 0. The first kappa shape index (κ1) is 13.1. The first-order valence-electron chi connectivity index (χ1n) is 6.69. The van der Waals surface area contributed by atoms with Gasteiger partial charge in [-0.05, 0) is 47.8 Å². The van der Waals surface area contributed by atoms with Crippen LogP contribution in [0.2, 0.25) is 0 Å². The van der Waals surface area contributed by atoms with Crippen molar-refractivity contribution in [3.8, 4) is 0 Å². The third-order valence-corrected chi connectivity index (χ3v) is 4.83. The maximum Gasteiger partial charge on any atom is -0.0302 e. The zero-order valence-electron chi connectivity index (χ0n) is 11.9. The van der Waals surface area contributed by atoms with Crippen molar-refractivity contribution in [1.29, 1.82) is 0 Å². The summed E-state index contributed by atoms with van der Waals surface area (Å²) in [5, 5.41) is 0. The van der Waals surface area contributed by atoms with E-state index in [2.05, 4.69) is 48.5 Å². The molecule has 2 aliphatic carbocycles.